The van der Waals surface area contributed by atoms with Crippen molar-refractivity contribution < 1.29 is 9.32 Å². The molecule has 1 aliphatic heterocycles. The molecule has 2 heterocycles. The molecule has 0 unspecified atom stereocenters. The number of rotatable bonds is 2. The molecule has 0 fully saturated rings. The minimum absolute atomic E-state index is 0.0415. The number of aryl methyl sites for hydroxylation is 1. The minimum atomic E-state index is 0.0415. The number of nitrogens with zero attached hydrogens (tertiary/aromatic N) is 2. The van der Waals surface area contributed by atoms with Crippen LogP contribution in [0.4, 0.5) is 0 Å². The molecule has 0 radical (unpaired) electrons. The van der Waals surface area contributed by atoms with E-state index in [1.807, 2.05) is 36.1 Å². The second kappa shape index (κ2) is 5.09. The van der Waals surface area contributed by atoms with E-state index in [1.54, 1.807) is 0 Å². The maximum absolute atomic E-state index is 12.5. The Morgan fingerprint density at radius 3 is 2.85 bits per heavy atom. The van der Waals surface area contributed by atoms with Crippen LogP contribution >= 0.6 is 0 Å². The lowest BCUT2D eigenvalue weighted by molar-refractivity contribution is 0.0734. The SMILES string of the molecule is Cc1ccc(C(=O)N2CCc3noc(CN)c3C2)cc1. The van der Waals surface area contributed by atoms with Gasteiger partial charge in [-0.15, -0.1) is 0 Å². The maximum atomic E-state index is 12.5. The quantitative estimate of drug-likeness (QED) is 0.901. The fraction of sp³-hybridized carbons (Fsp3) is 0.333. The molecule has 0 bridgehead atoms. The van der Waals surface area contributed by atoms with Crippen LogP contribution in [0.5, 0.6) is 0 Å². The summed E-state index contributed by atoms with van der Waals surface area (Å²) in [6.07, 6.45) is 0.719. The first kappa shape index (κ1) is 12.9. The Balaban J connectivity index is 1.82. The molecule has 3 rings (SSSR count). The summed E-state index contributed by atoms with van der Waals surface area (Å²) < 4.78 is 5.20. The van der Waals surface area contributed by atoms with Gasteiger partial charge < -0.3 is 15.2 Å². The van der Waals surface area contributed by atoms with E-state index in [2.05, 4.69) is 5.16 Å². The monoisotopic (exact) mass is 271 g/mol. The van der Waals surface area contributed by atoms with Gasteiger partial charge in [0.1, 0.15) is 0 Å². The molecule has 1 aromatic carbocycles. The van der Waals surface area contributed by atoms with E-state index in [1.165, 1.54) is 0 Å². The second-order valence-corrected chi connectivity index (χ2v) is 5.08. The summed E-state index contributed by atoms with van der Waals surface area (Å²) >= 11 is 0. The van der Waals surface area contributed by atoms with Crippen LogP contribution < -0.4 is 5.73 Å². The number of amides is 1. The molecule has 5 nitrogen and oxygen atoms in total. The largest absolute Gasteiger partial charge is 0.359 e. The predicted octanol–water partition coefficient (Wildman–Crippen LogP) is 1.64. The Morgan fingerprint density at radius 1 is 1.40 bits per heavy atom. The minimum Gasteiger partial charge on any atom is -0.359 e. The summed E-state index contributed by atoms with van der Waals surface area (Å²) in [5.41, 5.74) is 9.39. The van der Waals surface area contributed by atoms with Crippen molar-refractivity contribution in [2.75, 3.05) is 6.54 Å². The average molecular weight is 271 g/mol. The van der Waals surface area contributed by atoms with Gasteiger partial charge in [0.15, 0.2) is 5.76 Å². The van der Waals surface area contributed by atoms with Gasteiger partial charge in [-0.2, -0.15) is 0 Å². The molecule has 1 aromatic heterocycles. The molecule has 2 N–H and O–H groups in total. The zero-order valence-electron chi connectivity index (χ0n) is 11.4. The highest BCUT2D eigenvalue weighted by atomic mass is 16.5. The molecule has 0 aliphatic carbocycles. The number of aromatic nitrogens is 1. The highest BCUT2D eigenvalue weighted by molar-refractivity contribution is 5.94. The normalized spacial score (nSPS) is 14.2. The summed E-state index contributed by atoms with van der Waals surface area (Å²) in [5, 5.41) is 4.01. The van der Waals surface area contributed by atoms with Crippen LogP contribution in [0.25, 0.3) is 0 Å². The third-order valence-electron chi connectivity index (χ3n) is 3.69. The average Bonchev–Trinajstić information content (AvgIpc) is 2.89. The number of nitrogens with two attached hydrogens (primary N) is 1. The van der Waals surface area contributed by atoms with Crippen LogP contribution in [0.3, 0.4) is 0 Å². The molecule has 1 amide bonds. The van der Waals surface area contributed by atoms with Gasteiger partial charge in [0.05, 0.1) is 18.8 Å². The van der Waals surface area contributed by atoms with Crippen molar-refractivity contribution >= 4 is 5.91 Å². The van der Waals surface area contributed by atoms with E-state index in [9.17, 15) is 4.79 Å². The Labute approximate surface area is 117 Å². The third kappa shape index (κ3) is 2.20. The first-order chi connectivity index (χ1) is 9.69. The lowest BCUT2D eigenvalue weighted by Crippen LogP contribution is -2.36. The first-order valence-corrected chi connectivity index (χ1v) is 6.71. The molecular weight excluding hydrogens is 254 g/mol. The van der Waals surface area contributed by atoms with Crippen molar-refractivity contribution in [1.82, 2.24) is 10.1 Å². The first-order valence-electron chi connectivity index (χ1n) is 6.71. The molecule has 1 aliphatic rings. The number of carbonyl (C=O) groups excluding carboxylic acids is 1. The number of carbonyl (C=O) groups is 1. The van der Waals surface area contributed by atoms with E-state index in [0.717, 1.165) is 23.2 Å². The van der Waals surface area contributed by atoms with Gasteiger partial charge in [0.2, 0.25) is 0 Å². The van der Waals surface area contributed by atoms with Crippen LogP contribution in [0, 0.1) is 6.92 Å². The molecular formula is C15H17N3O2. The van der Waals surface area contributed by atoms with Gasteiger partial charge in [-0.3, -0.25) is 4.79 Å². The molecule has 20 heavy (non-hydrogen) atoms. The molecule has 0 atom stereocenters. The fourth-order valence-electron chi connectivity index (χ4n) is 2.48. The summed E-state index contributed by atoms with van der Waals surface area (Å²) in [4.78, 5) is 14.3. The summed E-state index contributed by atoms with van der Waals surface area (Å²) in [7, 11) is 0. The third-order valence-corrected chi connectivity index (χ3v) is 3.69. The summed E-state index contributed by atoms with van der Waals surface area (Å²) in [5.74, 6) is 0.723. The summed E-state index contributed by atoms with van der Waals surface area (Å²) in [6.45, 7) is 3.51. The van der Waals surface area contributed by atoms with Crippen LogP contribution in [0.2, 0.25) is 0 Å². The van der Waals surface area contributed by atoms with Gasteiger partial charge in [-0.25, -0.2) is 0 Å². The van der Waals surface area contributed by atoms with Crippen molar-refractivity contribution in [2.24, 2.45) is 5.73 Å². The molecule has 0 saturated heterocycles. The number of hydrogen-bond donors (Lipinski definition) is 1. The molecule has 0 spiro atoms. The van der Waals surface area contributed by atoms with E-state index in [0.29, 0.717) is 31.0 Å². The molecule has 5 heteroatoms. The molecule has 2 aromatic rings. The Morgan fingerprint density at radius 2 is 2.15 bits per heavy atom. The van der Waals surface area contributed by atoms with Crippen LogP contribution in [0.15, 0.2) is 28.8 Å². The standard InChI is InChI=1S/C15H17N3O2/c1-10-2-4-11(5-3-10)15(19)18-7-6-13-12(9-18)14(8-16)20-17-13/h2-5H,6-9,16H2,1H3. The predicted molar refractivity (Wildman–Crippen MR) is 74.0 cm³/mol. The van der Waals surface area contributed by atoms with E-state index >= 15 is 0 Å². The van der Waals surface area contributed by atoms with E-state index in [-0.39, 0.29) is 5.91 Å². The van der Waals surface area contributed by atoms with E-state index < -0.39 is 0 Å². The smallest absolute Gasteiger partial charge is 0.254 e. The van der Waals surface area contributed by atoms with Crippen molar-refractivity contribution in [3.05, 3.63) is 52.4 Å². The lowest BCUT2D eigenvalue weighted by Gasteiger charge is -2.26. The van der Waals surface area contributed by atoms with Crippen molar-refractivity contribution in [1.29, 1.82) is 0 Å². The zero-order valence-corrected chi connectivity index (χ0v) is 11.4. The van der Waals surface area contributed by atoms with Crippen molar-refractivity contribution in [2.45, 2.75) is 26.4 Å². The number of hydrogen-bond acceptors (Lipinski definition) is 4. The fourth-order valence-corrected chi connectivity index (χ4v) is 2.48. The van der Waals surface area contributed by atoms with Crippen molar-refractivity contribution in [3.63, 3.8) is 0 Å². The van der Waals surface area contributed by atoms with Gasteiger partial charge in [0.25, 0.3) is 5.91 Å². The Bertz CT molecular complexity index is 618. The van der Waals surface area contributed by atoms with E-state index in [4.69, 9.17) is 10.3 Å². The molecule has 104 valence electrons. The summed E-state index contributed by atoms with van der Waals surface area (Å²) in [6, 6.07) is 7.63. The molecule has 0 saturated carbocycles. The lowest BCUT2D eigenvalue weighted by atomic mass is 10.0. The Hall–Kier alpha value is -2.14. The highest BCUT2D eigenvalue weighted by Gasteiger charge is 2.26. The van der Waals surface area contributed by atoms with Gasteiger partial charge in [-0.05, 0) is 19.1 Å². The van der Waals surface area contributed by atoms with Crippen LogP contribution in [-0.4, -0.2) is 22.5 Å². The van der Waals surface area contributed by atoms with Crippen molar-refractivity contribution in [3.8, 4) is 0 Å². The number of fused-ring (bicyclic) bond motifs is 1. The Kier molecular flexibility index (Phi) is 3.28. The zero-order chi connectivity index (χ0) is 14.1. The van der Waals surface area contributed by atoms with Gasteiger partial charge >= 0.3 is 0 Å². The van der Waals surface area contributed by atoms with Crippen LogP contribution in [-0.2, 0) is 19.5 Å². The van der Waals surface area contributed by atoms with Gasteiger partial charge in [-0.1, -0.05) is 22.9 Å². The highest BCUT2D eigenvalue weighted by Crippen LogP contribution is 2.23. The second-order valence-electron chi connectivity index (χ2n) is 5.08. The number of benzene rings is 1. The van der Waals surface area contributed by atoms with Gasteiger partial charge in [0, 0.05) is 24.1 Å². The topological polar surface area (TPSA) is 72.4 Å². The van der Waals surface area contributed by atoms with Crippen LogP contribution in [0.1, 0.15) is 32.9 Å². The maximum Gasteiger partial charge on any atom is 0.254 e.